The number of aromatic hydroxyl groups is 1. The van der Waals surface area contributed by atoms with Crippen LogP contribution in [0, 0.1) is 11.3 Å². The molecule has 11 heteroatoms. The molecule has 1 aromatic heterocycles. The molecule has 2 aliphatic carbocycles. The van der Waals surface area contributed by atoms with Gasteiger partial charge in [0.25, 0.3) is 0 Å². The van der Waals surface area contributed by atoms with Crippen LogP contribution in [-0.2, 0) is 9.59 Å². The standard InChI is InChI=1S/C29H37N7O4.C2H6/c37-25-4-2-1-3-22(25)23-11-24-27(32-31-23)30-16-21-17-33(5-10-36(21)24)18-26(38)35-8-6-34(7-9-35)20-14-29(15-20)12-19(13-29)28(39)40;1-2/h1-4,11,19-21,37H,5-10,12-18H2,(H,30,32)(H,39,40);1-2H3/t19?,20?,21-,29?;/m0./s1. The molecule has 4 heterocycles. The number of carbonyl (C=O) groups is 2. The van der Waals surface area contributed by atoms with Crippen LogP contribution in [0.25, 0.3) is 11.3 Å². The van der Waals surface area contributed by atoms with E-state index in [0.29, 0.717) is 23.8 Å². The maximum atomic E-state index is 13.2. The van der Waals surface area contributed by atoms with Gasteiger partial charge in [0, 0.05) is 64.0 Å². The number of aliphatic carboxylic acids is 1. The topological polar surface area (TPSA) is 125 Å². The first kappa shape index (κ1) is 28.7. The van der Waals surface area contributed by atoms with E-state index in [1.54, 1.807) is 12.1 Å². The van der Waals surface area contributed by atoms with Crippen LogP contribution >= 0.6 is 0 Å². The molecule has 42 heavy (non-hydrogen) atoms. The van der Waals surface area contributed by atoms with Crippen LogP contribution in [0.4, 0.5) is 11.5 Å². The molecule has 1 spiro atoms. The summed E-state index contributed by atoms with van der Waals surface area (Å²) in [5.74, 6) is 0.379. The zero-order chi connectivity index (χ0) is 29.4. The highest BCUT2D eigenvalue weighted by atomic mass is 16.4. The summed E-state index contributed by atoms with van der Waals surface area (Å²) in [4.78, 5) is 33.5. The van der Waals surface area contributed by atoms with Gasteiger partial charge in [0.1, 0.15) is 5.75 Å². The summed E-state index contributed by atoms with van der Waals surface area (Å²) in [7, 11) is 0. The first-order valence-electron chi connectivity index (χ1n) is 15.5. The molecule has 11 nitrogen and oxygen atoms in total. The number of phenolic OH excluding ortho intramolecular Hbond substituents is 1. The smallest absolute Gasteiger partial charge is 0.306 e. The Kier molecular flexibility index (Phi) is 7.97. The molecular formula is C31H43N7O4. The molecule has 5 aliphatic rings. The lowest BCUT2D eigenvalue weighted by atomic mass is 9.49. The molecule has 3 N–H and O–H groups in total. The first-order valence-corrected chi connectivity index (χ1v) is 15.5. The highest BCUT2D eigenvalue weighted by Gasteiger charge is 2.56. The Morgan fingerprint density at radius 2 is 1.71 bits per heavy atom. The number of hydrogen-bond donors (Lipinski definition) is 3. The number of hydrogen-bond acceptors (Lipinski definition) is 9. The molecular weight excluding hydrogens is 534 g/mol. The summed E-state index contributed by atoms with van der Waals surface area (Å²) in [6, 6.07) is 9.95. The number of phenols is 1. The molecule has 1 aromatic carbocycles. The van der Waals surface area contributed by atoms with Gasteiger partial charge in [-0.15, -0.1) is 10.2 Å². The lowest BCUT2D eigenvalue weighted by Gasteiger charge is -2.60. The Bertz CT molecular complexity index is 1300. The third-order valence-electron chi connectivity index (χ3n) is 9.92. The zero-order valence-electron chi connectivity index (χ0n) is 24.7. The summed E-state index contributed by atoms with van der Waals surface area (Å²) in [6.07, 6.45) is 3.93. The summed E-state index contributed by atoms with van der Waals surface area (Å²) in [5.41, 5.74) is 2.58. The number of nitrogens with zero attached hydrogens (tertiary/aromatic N) is 6. The van der Waals surface area contributed by atoms with Crippen LogP contribution in [0.5, 0.6) is 5.75 Å². The number of rotatable bonds is 5. The quantitative estimate of drug-likeness (QED) is 0.488. The summed E-state index contributed by atoms with van der Waals surface area (Å²) >= 11 is 0. The van der Waals surface area contributed by atoms with Crippen molar-refractivity contribution in [2.24, 2.45) is 11.3 Å². The maximum absolute atomic E-state index is 13.2. The second kappa shape index (κ2) is 11.7. The number of fused-ring (bicyclic) bond motifs is 3. The molecule has 1 amide bonds. The molecule has 0 unspecified atom stereocenters. The summed E-state index contributed by atoms with van der Waals surface area (Å²) in [6.45, 7) is 11.0. The summed E-state index contributed by atoms with van der Waals surface area (Å²) in [5, 5.41) is 31.6. The Balaban J connectivity index is 0.00000155. The van der Waals surface area contributed by atoms with Crippen LogP contribution < -0.4 is 10.2 Å². The third kappa shape index (κ3) is 5.40. The van der Waals surface area contributed by atoms with Crippen molar-refractivity contribution in [3.63, 3.8) is 0 Å². The second-order valence-electron chi connectivity index (χ2n) is 12.4. The number of amides is 1. The van der Waals surface area contributed by atoms with Gasteiger partial charge in [-0.25, -0.2) is 0 Å². The first-order chi connectivity index (χ1) is 20.4. The molecule has 7 rings (SSSR count). The fourth-order valence-corrected chi connectivity index (χ4v) is 7.64. The highest BCUT2D eigenvalue weighted by Crippen LogP contribution is 2.60. The predicted molar refractivity (Wildman–Crippen MR) is 161 cm³/mol. The van der Waals surface area contributed by atoms with E-state index in [4.69, 9.17) is 0 Å². The minimum atomic E-state index is -0.639. The van der Waals surface area contributed by atoms with Gasteiger partial charge in [-0.1, -0.05) is 26.0 Å². The highest BCUT2D eigenvalue weighted by molar-refractivity contribution is 5.79. The number of carbonyl (C=O) groups excluding carboxylic acids is 1. The molecule has 1 atom stereocenters. The molecule has 0 radical (unpaired) electrons. The largest absolute Gasteiger partial charge is 0.507 e. The van der Waals surface area contributed by atoms with Crippen molar-refractivity contribution < 1.29 is 19.8 Å². The molecule has 4 fully saturated rings. The van der Waals surface area contributed by atoms with Crippen molar-refractivity contribution in [2.45, 2.75) is 51.6 Å². The van der Waals surface area contributed by atoms with Crippen molar-refractivity contribution in [2.75, 3.05) is 69.1 Å². The van der Waals surface area contributed by atoms with E-state index in [9.17, 15) is 19.8 Å². The fraction of sp³-hybridized carbons (Fsp3) is 0.613. The monoisotopic (exact) mass is 577 g/mol. The normalized spacial score (nSPS) is 28.8. The molecule has 0 bridgehead atoms. The van der Waals surface area contributed by atoms with Crippen molar-refractivity contribution in [3.05, 3.63) is 30.3 Å². The second-order valence-corrected chi connectivity index (χ2v) is 12.4. The van der Waals surface area contributed by atoms with E-state index >= 15 is 0 Å². The number of aromatic nitrogens is 2. The molecule has 226 valence electrons. The van der Waals surface area contributed by atoms with Crippen LogP contribution in [0.15, 0.2) is 30.3 Å². The SMILES string of the molecule is CC.O=C(O)C1CC2(C1)CC(N1CCN(C(=O)CN3CCN4c5cc(-c6ccccc6O)nnc5NC[C@H]4C3)CC1)C2. The molecule has 2 aromatic rings. The van der Waals surface area contributed by atoms with E-state index in [2.05, 4.69) is 30.2 Å². The van der Waals surface area contributed by atoms with Crippen LogP contribution in [0.1, 0.15) is 39.5 Å². The van der Waals surface area contributed by atoms with E-state index in [0.717, 1.165) is 89.5 Å². The summed E-state index contributed by atoms with van der Waals surface area (Å²) < 4.78 is 0. The van der Waals surface area contributed by atoms with Crippen LogP contribution in [-0.4, -0.2) is 118 Å². The molecule has 2 saturated heterocycles. The van der Waals surface area contributed by atoms with Crippen molar-refractivity contribution >= 4 is 23.4 Å². The Morgan fingerprint density at radius 3 is 2.43 bits per heavy atom. The fourth-order valence-electron chi connectivity index (χ4n) is 7.64. The van der Waals surface area contributed by atoms with Gasteiger partial charge >= 0.3 is 5.97 Å². The number of piperazine rings is 2. The van der Waals surface area contributed by atoms with Crippen molar-refractivity contribution in [3.8, 4) is 17.0 Å². The van der Waals surface area contributed by atoms with Crippen molar-refractivity contribution in [1.82, 2.24) is 24.9 Å². The predicted octanol–water partition coefficient (Wildman–Crippen LogP) is 2.58. The number of nitrogens with one attached hydrogen (secondary N) is 1. The third-order valence-corrected chi connectivity index (χ3v) is 9.92. The van der Waals surface area contributed by atoms with E-state index in [-0.39, 0.29) is 29.0 Å². The Morgan fingerprint density at radius 1 is 0.976 bits per heavy atom. The van der Waals surface area contributed by atoms with Crippen LogP contribution in [0.3, 0.4) is 0 Å². The number of benzene rings is 1. The van der Waals surface area contributed by atoms with E-state index < -0.39 is 5.97 Å². The minimum Gasteiger partial charge on any atom is -0.507 e. The lowest BCUT2D eigenvalue weighted by molar-refractivity contribution is -0.160. The van der Waals surface area contributed by atoms with Gasteiger partial charge in [-0.2, -0.15) is 0 Å². The van der Waals surface area contributed by atoms with Crippen LogP contribution in [0.2, 0.25) is 0 Å². The number of para-hydroxylation sites is 1. The molecule has 3 aliphatic heterocycles. The van der Waals surface area contributed by atoms with Gasteiger partial charge in [-0.05, 0) is 49.3 Å². The van der Waals surface area contributed by atoms with E-state index in [1.165, 1.54) is 0 Å². The average Bonchev–Trinajstić information content (AvgIpc) is 2.97. The number of carboxylic acids is 1. The Labute approximate surface area is 247 Å². The van der Waals surface area contributed by atoms with Gasteiger partial charge in [0.15, 0.2) is 5.82 Å². The van der Waals surface area contributed by atoms with Crippen molar-refractivity contribution in [1.29, 1.82) is 0 Å². The zero-order valence-corrected chi connectivity index (χ0v) is 24.7. The Hall–Kier alpha value is -3.44. The van der Waals surface area contributed by atoms with Gasteiger partial charge in [-0.3, -0.25) is 19.4 Å². The van der Waals surface area contributed by atoms with Gasteiger partial charge < -0.3 is 25.3 Å². The maximum Gasteiger partial charge on any atom is 0.306 e. The lowest BCUT2D eigenvalue weighted by Crippen LogP contribution is -2.62. The van der Waals surface area contributed by atoms with E-state index in [1.807, 2.05) is 36.9 Å². The number of anilines is 2. The average molecular weight is 578 g/mol. The van der Waals surface area contributed by atoms with Gasteiger partial charge in [0.05, 0.1) is 29.9 Å². The minimum absolute atomic E-state index is 0.133. The van der Waals surface area contributed by atoms with Gasteiger partial charge in [0.2, 0.25) is 5.91 Å². The molecule has 2 saturated carbocycles. The number of carboxylic acid groups (broad SMARTS) is 1.